The Labute approximate surface area is 204 Å². The fraction of sp³-hybridized carbons (Fsp3) is 0.280. The lowest BCUT2D eigenvalue weighted by atomic mass is 9.78. The van der Waals surface area contributed by atoms with Crippen LogP contribution in [0.25, 0.3) is 0 Å². The highest BCUT2D eigenvalue weighted by atomic mass is 32.2. The van der Waals surface area contributed by atoms with Gasteiger partial charge in [-0.1, -0.05) is 43.3 Å². The molecule has 0 aromatic heterocycles. The molecule has 11 heteroatoms. The number of rotatable bonds is 10. The number of hydrogen-bond donors (Lipinski definition) is 0. The predicted molar refractivity (Wildman–Crippen MR) is 121 cm³/mol. The van der Waals surface area contributed by atoms with Gasteiger partial charge in [0.05, 0.1) is 5.41 Å². The van der Waals surface area contributed by atoms with Crippen LogP contribution in [0.1, 0.15) is 30.9 Å². The molecule has 36 heavy (non-hydrogen) atoms. The molecule has 0 radical (unpaired) electrons. The third kappa shape index (κ3) is 6.51. The quantitative estimate of drug-likeness (QED) is 0.155. The van der Waals surface area contributed by atoms with E-state index >= 15 is 0 Å². The van der Waals surface area contributed by atoms with Crippen LogP contribution in [0.15, 0.2) is 72.8 Å². The van der Waals surface area contributed by atoms with E-state index in [4.69, 9.17) is 4.74 Å². The summed E-state index contributed by atoms with van der Waals surface area (Å²) in [5, 5.41) is 0. The van der Waals surface area contributed by atoms with Crippen LogP contribution in [0.5, 0.6) is 17.2 Å². The molecule has 3 aromatic rings. The largest absolute Gasteiger partial charge is 0.534 e. The molecule has 0 saturated heterocycles. The summed E-state index contributed by atoms with van der Waals surface area (Å²) in [5.41, 5.74) is -6.53. The first-order valence-corrected chi connectivity index (χ1v) is 12.1. The zero-order chi connectivity index (χ0) is 26.6. The number of aryl methyl sites for hydroxylation is 1. The number of benzene rings is 3. The Morgan fingerprint density at radius 2 is 1.53 bits per heavy atom. The molecule has 0 bridgehead atoms. The summed E-state index contributed by atoms with van der Waals surface area (Å²) >= 11 is 0. The second-order valence-electron chi connectivity index (χ2n) is 8.26. The van der Waals surface area contributed by atoms with Crippen LogP contribution in [-0.4, -0.2) is 20.4 Å². The molecular formula is C25H22F6O4S. The third-order valence-electron chi connectivity index (χ3n) is 5.61. The summed E-state index contributed by atoms with van der Waals surface area (Å²) in [6, 6.07) is 16.8. The summed E-state index contributed by atoms with van der Waals surface area (Å²) in [6.07, 6.45) is -2.23. The van der Waals surface area contributed by atoms with E-state index in [1.165, 1.54) is 25.1 Å². The number of para-hydroxylation sites is 1. The average Bonchev–Trinajstić information content (AvgIpc) is 2.81. The van der Waals surface area contributed by atoms with E-state index in [2.05, 4.69) is 4.18 Å². The highest BCUT2D eigenvalue weighted by Gasteiger charge is 2.48. The first-order chi connectivity index (χ1) is 16.8. The van der Waals surface area contributed by atoms with Gasteiger partial charge in [0, 0.05) is 0 Å². The van der Waals surface area contributed by atoms with Crippen molar-refractivity contribution in [2.75, 3.05) is 0 Å². The van der Waals surface area contributed by atoms with Crippen LogP contribution < -0.4 is 8.92 Å². The molecule has 0 heterocycles. The SMILES string of the molecule is CC(CCCc1ccc(F)c(Oc2ccccc2)c1)(c1ccc(OS(=O)(=O)C(F)(F)F)cc1)C(F)F. The van der Waals surface area contributed by atoms with Gasteiger partial charge in [-0.2, -0.15) is 21.6 Å². The summed E-state index contributed by atoms with van der Waals surface area (Å²) in [7, 11) is -5.87. The van der Waals surface area contributed by atoms with Crippen LogP contribution in [0.4, 0.5) is 26.3 Å². The van der Waals surface area contributed by atoms with Gasteiger partial charge in [-0.05, 0) is 66.8 Å². The van der Waals surface area contributed by atoms with Gasteiger partial charge < -0.3 is 8.92 Å². The molecule has 0 N–H and O–H groups in total. The number of halogens is 6. The summed E-state index contributed by atoms with van der Waals surface area (Å²) in [5.74, 6) is -0.783. The molecule has 194 valence electrons. The van der Waals surface area contributed by atoms with Crippen molar-refractivity contribution in [2.24, 2.45) is 0 Å². The van der Waals surface area contributed by atoms with E-state index in [0.29, 0.717) is 17.7 Å². The van der Waals surface area contributed by atoms with Crippen LogP contribution >= 0.6 is 0 Å². The molecular weight excluding hydrogens is 510 g/mol. The van der Waals surface area contributed by atoms with Crippen molar-refractivity contribution >= 4 is 10.1 Å². The van der Waals surface area contributed by atoms with Gasteiger partial charge in [-0.15, -0.1) is 0 Å². The molecule has 3 rings (SSSR count). The molecule has 0 aliphatic heterocycles. The predicted octanol–water partition coefficient (Wildman–Crippen LogP) is 7.39. The van der Waals surface area contributed by atoms with Gasteiger partial charge in [-0.3, -0.25) is 0 Å². The maximum Gasteiger partial charge on any atom is 0.534 e. The Morgan fingerprint density at radius 1 is 0.889 bits per heavy atom. The molecule has 0 aliphatic rings. The van der Waals surface area contributed by atoms with Crippen molar-refractivity contribution in [3.63, 3.8) is 0 Å². The van der Waals surface area contributed by atoms with E-state index in [1.807, 2.05) is 0 Å². The van der Waals surface area contributed by atoms with Crippen molar-refractivity contribution in [1.82, 2.24) is 0 Å². The standard InChI is InChI=1S/C25H22F6O4S/c1-24(23(27)28,18-10-12-20(13-11-18)35-36(32,33)25(29,30)31)15-5-6-17-9-14-21(26)22(16-17)34-19-7-3-2-4-8-19/h2-4,7-14,16,23H,5-6,15H2,1H3. The number of alkyl halides is 5. The van der Waals surface area contributed by atoms with E-state index in [1.54, 1.807) is 30.3 Å². The molecule has 0 saturated carbocycles. The fourth-order valence-corrected chi connectivity index (χ4v) is 3.96. The molecule has 4 nitrogen and oxygen atoms in total. The third-order valence-corrected chi connectivity index (χ3v) is 6.59. The van der Waals surface area contributed by atoms with Crippen LogP contribution in [0.2, 0.25) is 0 Å². The summed E-state index contributed by atoms with van der Waals surface area (Å²) in [4.78, 5) is 0. The van der Waals surface area contributed by atoms with Crippen molar-refractivity contribution < 1.29 is 43.7 Å². The maximum atomic E-state index is 14.2. The van der Waals surface area contributed by atoms with Gasteiger partial charge in [-0.25, -0.2) is 13.2 Å². The van der Waals surface area contributed by atoms with Crippen LogP contribution in [0, 0.1) is 5.82 Å². The van der Waals surface area contributed by atoms with Gasteiger partial charge >= 0.3 is 15.6 Å². The monoisotopic (exact) mass is 532 g/mol. The zero-order valence-corrected chi connectivity index (χ0v) is 19.8. The molecule has 0 spiro atoms. The smallest absolute Gasteiger partial charge is 0.454 e. The fourth-order valence-electron chi connectivity index (χ4n) is 3.50. The minimum Gasteiger partial charge on any atom is -0.454 e. The van der Waals surface area contributed by atoms with Crippen molar-refractivity contribution in [3.8, 4) is 17.2 Å². The average molecular weight is 533 g/mol. The molecule has 0 aliphatic carbocycles. The van der Waals surface area contributed by atoms with Crippen molar-refractivity contribution in [1.29, 1.82) is 0 Å². The second kappa shape index (κ2) is 10.8. The molecule has 3 aromatic carbocycles. The minimum atomic E-state index is -5.87. The van der Waals surface area contributed by atoms with Crippen molar-refractivity contribution in [3.05, 3.63) is 89.7 Å². The van der Waals surface area contributed by atoms with Gasteiger partial charge in [0.15, 0.2) is 11.6 Å². The lowest BCUT2D eigenvalue weighted by molar-refractivity contribution is -0.0500. The van der Waals surface area contributed by atoms with Crippen LogP contribution in [0.3, 0.4) is 0 Å². The van der Waals surface area contributed by atoms with Gasteiger partial charge in [0.2, 0.25) is 6.43 Å². The molecule has 1 atom stereocenters. The van der Waals surface area contributed by atoms with Crippen molar-refractivity contribution in [2.45, 2.75) is 43.5 Å². The Hall–Kier alpha value is -3.21. The second-order valence-corrected chi connectivity index (χ2v) is 9.80. The first-order valence-electron chi connectivity index (χ1n) is 10.7. The molecule has 0 amide bonds. The van der Waals surface area contributed by atoms with E-state index in [-0.39, 0.29) is 24.2 Å². The minimum absolute atomic E-state index is 0.000260. The molecule has 0 fully saturated rings. The highest BCUT2D eigenvalue weighted by Crippen LogP contribution is 2.37. The Bertz CT molecular complexity index is 1260. The van der Waals surface area contributed by atoms with E-state index in [9.17, 15) is 34.8 Å². The first kappa shape index (κ1) is 27.4. The summed E-state index contributed by atoms with van der Waals surface area (Å²) in [6.45, 7) is 1.30. The lowest BCUT2D eigenvalue weighted by Crippen LogP contribution is -2.31. The summed E-state index contributed by atoms with van der Waals surface area (Å²) < 4.78 is 112. The maximum absolute atomic E-state index is 14.2. The Morgan fingerprint density at radius 3 is 2.11 bits per heavy atom. The van der Waals surface area contributed by atoms with Gasteiger partial charge in [0.25, 0.3) is 0 Å². The Balaban J connectivity index is 1.69. The number of hydrogen-bond acceptors (Lipinski definition) is 4. The normalized spacial score (nSPS) is 13.9. The topological polar surface area (TPSA) is 52.6 Å². The lowest BCUT2D eigenvalue weighted by Gasteiger charge is -2.29. The Kier molecular flexibility index (Phi) is 8.22. The zero-order valence-electron chi connectivity index (χ0n) is 18.9. The molecule has 1 unspecified atom stereocenters. The van der Waals surface area contributed by atoms with E-state index in [0.717, 1.165) is 24.3 Å². The van der Waals surface area contributed by atoms with E-state index < -0.39 is 39.0 Å². The highest BCUT2D eigenvalue weighted by molar-refractivity contribution is 7.88. The number of ether oxygens (including phenoxy) is 1. The van der Waals surface area contributed by atoms with Crippen LogP contribution in [-0.2, 0) is 22.0 Å². The van der Waals surface area contributed by atoms with Gasteiger partial charge in [0.1, 0.15) is 11.5 Å².